The smallest absolute Gasteiger partial charge is 0.380 e. The zero-order chi connectivity index (χ0) is 34.4. The molecular formula is C35H55F3N2O5S2. The zero-order valence-electron chi connectivity index (χ0n) is 28.8. The molecule has 4 saturated carbocycles. The van der Waals surface area contributed by atoms with Gasteiger partial charge in [-0.05, 0) is 117 Å². The summed E-state index contributed by atoms with van der Waals surface area (Å²) in [5, 5.41) is 4.09. The highest BCUT2D eigenvalue weighted by molar-refractivity contribution is 7.91. The summed E-state index contributed by atoms with van der Waals surface area (Å²) in [5.74, 6) is 2.83. The Morgan fingerprint density at radius 2 is 1.60 bits per heavy atom. The summed E-state index contributed by atoms with van der Waals surface area (Å²) in [4.78, 5) is 2.28. The van der Waals surface area contributed by atoms with E-state index in [9.17, 15) is 30.0 Å². The molecule has 0 aromatic carbocycles. The summed E-state index contributed by atoms with van der Waals surface area (Å²) in [5.41, 5.74) is -5.00. The Morgan fingerprint density at radius 3 is 2.23 bits per heavy atom. The first kappa shape index (κ1) is 35.7. The lowest BCUT2D eigenvalue weighted by atomic mass is 9.38. The van der Waals surface area contributed by atoms with Crippen molar-refractivity contribution in [3.63, 3.8) is 0 Å². The highest BCUT2D eigenvalue weighted by atomic mass is 32.2. The molecule has 1 aliphatic heterocycles. The van der Waals surface area contributed by atoms with Crippen LogP contribution < -0.4 is 5.32 Å². The van der Waals surface area contributed by atoms with Crippen molar-refractivity contribution in [2.45, 2.75) is 103 Å². The van der Waals surface area contributed by atoms with E-state index >= 15 is 0 Å². The quantitative estimate of drug-likeness (QED) is 0.180. The Hall–Kier alpha value is -1.11. The Morgan fingerprint density at radius 1 is 0.979 bits per heavy atom. The normalized spacial score (nSPS) is 43.1. The third kappa shape index (κ3) is 5.84. The molecule has 1 saturated heterocycles. The van der Waals surface area contributed by atoms with E-state index in [-0.39, 0.29) is 39.6 Å². The molecule has 268 valence electrons. The van der Waals surface area contributed by atoms with Crippen molar-refractivity contribution < 1.29 is 34.2 Å². The molecule has 1 heterocycles. The van der Waals surface area contributed by atoms with Gasteiger partial charge in [-0.2, -0.15) is 21.6 Å². The molecule has 1 unspecified atom stereocenters. The van der Waals surface area contributed by atoms with Crippen molar-refractivity contribution in [3.05, 3.63) is 24.0 Å². The Balaban J connectivity index is 1.23. The van der Waals surface area contributed by atoms with Gasteiger partial charge in [0, 0.05) is 37.1 Å². The number of rotatable bonds is 7. The molecule has 5 fully saturated rings. The third-order valence-electron chi connectivity index (χ3n) is 14.6. The lowest BCUT2D eigenvalue weighted by Crippen LogP contribution is -2.65. The number of sulfone groups is 1. The second kappa shape index (κ2) is 11.7. The van der Waals surface area contributed by atoms with Gasteiger partial charge in [-0.1, -0.05) is 39.8 Å². The van der Waals surface area contributed by atoms with Crippen LogP contribution in [0.4, 0.5) is 13.2 Å². The molecule has 1 N–H and O–H groups in total. The van der Waals surface area contributed by atoms with E-state index in [0.717, 1.165) is 64.5 Å². The minimum Gasteiger partial charge on any atom is -0.380 e. The van der Waals surface area contributed by atoms with Crippen molar-refractivity contribution in [2.75, 3.05) is 37.7 Å². The molecule has 6 aliphatic rings. The first-order valence-electron chi connectivity index (χ1n) is 17.7. The van der Waals surface area contributed by atoms with Crippen molar-refractivity contribution in [2.24, 2.45) is 51.8 Å². The van der Waals surface area contributed by atoms with Gasteiger partial charge < -0.3 is 14.4 Å². The van der Waals surface area contributed by atoms with Gasteiger partial charge >= 0.3 is 15.6 Å². The summed E-state index contributed by atoms with van der Waals surface area (Å²) in [7, 11) is -8.63. The van der Waals surface area contributed by atoms with Gasteiger partial charge in [0.05, 0.1) is 11.5 Å². The lowest BCUT2D eigenvalue weighted by Gasteiger charge is -2.67. The van der Waals surface area contributed by atoms with Crippen LogP contribution in [-0.2, 0) is 24.1 Å². The first-order valence-corrected chi connectivity index (χ1v) is 20.9. The minimum absolute atomic E-state index is 0.0172. The van der Waals surface area contributed by atoms with Crippen molar-refractivity contribution in [3.8, 4) is 0 Å². The lowest BCUT2D eigenvalue weighted by molar-refractivity contribution is -0.173. The molecule has 5 aliphatic carbocycles. The van der Waals surface area contributed by atoms with E-state index in [1.165, 1.54) is 5.57 Å². The number of nitrogens with zero attached hydrogens (tertiary/aromatic N) is 1. The molecule has 9 atom stereocenters. The fourth-order valence-electron chi connectivity index (χ4n) is 12.3. The van der Waals surface area contributed by atoms with E-state index in [0.29, 0.717) is 49.1 Å². The molecule has 0 bridgehead atoms. The van der Waals surface area contributed by atoms with Gasteiger partial charge in [-0.15, -0.1) is 0 Å². The van der Waals surface area contributed by atoms with E-state index in [2.05, 4.69) is 37.6 Å². The third-order valence-corrected chi connectivity index (χ3v) is 17.2. The summed E-state index contributed by atoms with van der Waals surface area (Å²) < 4.78 is 92.6. The van der Waals surface area contributed by atoms with Crippen LogP contribution in [0.15, 0.2) is 24.0 Å². The van der Waals surface area contributed by atoms with Gasteiger partial charge in [0.2, 0.25) is 0 Å². The number of nitrogens with one attached hydrogen (secondary N) is 1. The van der Waals surface area contributed by atoms with Crippen molar-refractivity contribution >= 4 is 20.0 Å². The van der Waals surface area contributed by atoms with Gasteiger partial charge in [0.15, 0.2) is 9.84 Å². The van der Waals surface area contributed by atoms with Crippen molar-refractivity contribution in [1.82, 2.24) is 10.2 Å². The summed E-state index contributed by atoms with van der Waals surface area (Å²) >= 11 is 0. The number of hydrogen-bond donors (Lipinski definition) is 1. The van der Waals surface area contributed by atoms with Crippen LogP contribution in [0.2, 0.25) is 0 Å². The zero-order valence-corrected chi connectivity index (χ0v) is 30.4. The van der Waals surface area contributed by atoms with E-state index in [1.54, 1.807) is 6.08 Å². The standard InChI is InChI=1S/C35H55F3N2O5S2/c1-23(2)24-11-14-34(39-17-18-40-19-21-46(41,42)22-20-40)16-15-32(5)25-9-10-28-31(3,4)29(45-47(43,44)35(36,37)38)12-13-33(28,6)26(25)7-8-27(32)30(24)34/h12,24-28,30,39H,1,7-11,13-22H2,2-6H3/t24-,25?,26-,27+,28-,30+,32-,33+,34-/m0/s1. The fraction of sp³-hybridized carbons (Fsp3) is 0.886. The first-order chi connectivity index (χ1) is 21.7. The Kier molecular flexibility index (Phi) is 8.91. The molecule has 0 radical (unpaired) electrons. The number of fused-ring (bicyclic) bond motifs is 7. The number of halogens is 3. The minimum atomic E-state index is -5.73. The molecule has 0 amide bonds. The molecule has 0 spiro atoms. The number of alkyl halides is 3. The maximum Gasteiger partial charge on any atom is 0.534 e. The average molecular weight is 705 g/mol. The average Bonchev–Trinajstić information content (AvgIpc) is 3.35. The maximum atomic E-state index is 13.3. The van der Waals surface area contributed by atoms with Crippen LogP contribution in [0, 0.1) is 51.8 Å². The van der Waals surface area contributed by atoms with Gasteiger partial charge in [-0.3, -0.25) is 0 Å². The van der Waals surface area contributed by atoms with Crippen LogP contribution in [0.25, 0.3) is 0 Å². The Bertz CT molecular complexity index is 1500. The number of hydrogen-bond acceptors (Lipinski definition) is 7. The molecule has 12 heteroatoms. The van der Waals surface area contributed by atoms with E-state index < -0.39 is 30.9 Å². The van der Waals surface area contributed by atoms with Gasteiger partial charge in [0.25, 0.3) is 0 Å². The fourth-order valence-corrected chi connectivity index (χ4v) is 14.1. The van der Waals surface area contributed by atoms with Crippen LogP contribution in [-0.4, -0.2) is 70.5 Å². The SMILES string of the molecule is C=C(C)[C@@H]1CC[C@]2(NCCN3CCS(=O)(=O)CC3)CC[C@@]3(C)C4CC[C@H]5C(C)(C)C(OS(=O)(=O)C(F)(F)F)=CC[C@]5(C)[C@H]4CC[C@@H]3[C@@H]12. The molecular weight excluding hydrogens is 650 g/mol. The number of allylic oxidation sites excluding steroid dienone is 3. The maximum absolute atomic E-state index is 13.3. The van der Waals surface area contributed by atoms with Crippen LogP contribution in [0.5, 0.6) is 0 Å². The monoisotopic (exact) mass is 704 g/mol. The second-order valence-electron chi connectivity index (χ2n) is 17.1. The predicted octanol–water partition coefficient (Wildman–Crippen LogP) is 6.69. The van der Waals surface area contributed by atoms with E-state index in [4.69, 9.17) is 4.18 Å². The molecule has 0 aromatic heterocycles. The summed E-state index contributed by atoms with van der Waals surface area (Å²) in [6, 6.07) is 0. The largest absolute Gasteiger partial charge is 0.534 e. The van der Waals surface area contributed by atoms with Crippen LogP contribution in [0.3, 0.4) is 0 Å². The van der Waals surface area contributed by atoms with Crippen LogP contribution >= 0.6 is 0 Å². The molecule has 6 rings (SSSR count). The van der Waals surface area contributed by atoms with Crippen LogP contribution in [0.1, 0.15) is 92.4 Å². The highest BCUT2D eigenvalue weighted by Crippen LogP contribution is 2.72. The van der Waals surface area contributed by atoms with Gasteiger partial charge in [0.1, 0.15) is 5.76 Å². The van der Waals surface area contributed by atoms with Gasteiger partial charge in [-0.25, -0.2) is 8.42 Å². The van der Waals surface area contributed by atoms with Crippen molar-refractivity contribution in [1.29, 1.82) is 0 Å². The Labute approximate surface area is 280 Å². The molecule has 0 aromatic rings. The highest BCUT2D eigenvalue weighted by Gasteiger charge is 2.67. The predicted molar refractivity (Wildman–Crippen MR) is 177 cm³/mol. The summed E-state index contributed by atoms with van der Waals surface area (Å²) in [6.45, 7) is 18.1. The second-order valence-corrected chi connectivity index (χ2v) is 21.0. The summed E-state index contributed by atoms with van der Waals surface area (Å²) in [6.07, 6.45) is 10.7. The molecule has 7 nitrogen and oxygen atoms in total. The topological polar surface area (TPSA) is 92.8 Å². The van der Waals surface area contributed by atoms with E-state index in [1.807, 2.05) is 13.8 Å². The molecule has 47 heavy (non-hydrogen) atoms.